The van der Waals surface area contributed by atoms with E-state index in [2.05, 4.69) is 6.58 Å². The van der Waals surface area contributed by atoms with E-state index in [-0.39, 0.29) is 23.8 Å². The Morgan fingerprint density at radius 3 is 2.68 bits per heavy atom. The molecule has 0 bridgehead atoms. The Balaban J connectivity index is 2.38. The topological polar surface area (TPSA) is 76.1 Å². The number of benzene rings is 1. The molecule has 1 heterocycles. The van der Waals surface area contributed by atoms with Crippen LogP contribution in [0.1, 0.15) is 18.9 Å². The number of halogens is 1. The highest BCUT2D eigenvalue weighted by molar-refractivity contribution is 6.30. The molecule has 1 fully saturated rings. The normalized spacial score (nSPS) is 15.3. The summed E-state index contributed by atoms with van der Waals surface area (Å²) in [5, 5.41) is 10.5. The highest BCUT2D eigenvalue weighted by atomic mass is 35.5. The first-order valence-corrected chi connectivity index (χ1v) is 9.38. The van der Waals surface area contributed by atoms with Crippen molar-refractivity contribution in [2.45, 2.75) is 13.3 Å². The molecule has 1 N–H and O–H groups in total. The lowest BCUT2D eigenvalue weighted by atomic mass is 10.0. The predicted octanol–water partition coefficient (Wildman–Crippen LogP) is 3.57. The Hall–Kier alpha value is -2.57. The molecule has 1 aromatic carbocycles. The minimum Gasteiger partial charge on any atom is -0.508 e. The van der Waals surface area contributed by atoms with E-state index in [1.807, 2.05) is 6.92 Å². The van der Waals surface area contributed by atoms with E-state index >= 15 is 0 Å². The van der Waals surface area contributed by atoms with Gasteiger partial charge >= 0.3 is 0 Å². The minimum absolute atomic E-state index is 0.0737. The number of aldehydes is 1. The van der Waals surface area contributed by atoms with Gasteiger partial charge in [-0.2, -0.15) is 0 Å². The molecule has 1 aliphatic heterocycles. The van der Waals surface area contributed by atoms with Crippen LogP contribution in [0.4, 0.5) is 0 Å². The average Bonchev–Trinajstić information content (AvgIpc) is 2.70. The van der Waals surface area contributed by atoms with Gasteiger partial charge in [-0.3, -0.25) is 9.59 Å². The summed E-state index contributed by atoms with van der Waals surface area (Å²) in [4.78, 5) is 25.0. The van der Waals surface area contributed by atoms with Crippen molar-refractivity contribution in [1.82, 2.24) is 4.90 Å². The molecule has 1 aromatic rings. The monoisotopic (exact) mass is 405 g/mol. The van der Waals surface area contributed by atoms with Crippen molar-refractivity contribution in [3.8, 4) is 5.75 Å². The lowest BCUT2D eigenvalue weighted by molar-refractivity contribution is -0.131. The molecule has 0 unspecified atom stereocenters. The number of allylic oxidation sites excluding steroid dienone is 3. The van der Waals surface area contributed by atoms with E-state index in [4.69, 9.17) is 21.1 Å². The third-order valence-electron chi connectivity index (χ3n) is 4.27. The average molecular weight is 406 g/mol. The van der Waals surface area contributed by atoms with E-state index in [1.165, 1.54) is 0 Å². The molecule has 1 aliphatic rings. The summed E-state index contributed by atoms with van der Waals surface area (Å²) in [6.07, 6.45) is 4.56. The van der Waals surface area contributed by atoms with E-state index < -0.39 is 0 Å². The second-order valence-corrected chi connectivity index (χ2v) is 6.53. The lowest BCUT2D eigenvalue weighted by Crippen LogP contribution is -2.41. The molecular formula is C21H24ClNO5. The summed E-state index contributed by atoms with van der Waals surface area (Å²) < 4.78 is 10.7. The molecule has 0 radical (unpaired) electrons. The van der Waals surface area contributed by atoms with Crippen molar-refractivity contribution < 1.29 is 24.2 Å². The van der Waals surface area contributed by atoms with Gasteiger partial charge in [0.25, 0.3) is 5.91 Å². The zero-order valence-corrected chi connectivity index (χ0v) is 16.6. The van der Waals surface area contributed by atoms with Crippen LogP contribution in [0.3, 0.4) is 0 Å². The maximum absolute atomic E-state index is 12.7. The van der Waals surface area contributed by atoms with Crippen molar-refractivity contribution in [3.63, 3.8) is 0 Å². The van der Waals surface area contributed by atoms with Gasteiger partial charge in [0.1, 0.15) is 18.1 Å². The molecule has 0 aromatic heterocycles. The van der Waals surface area contributed by atoms with E-state index in [9.17, 15) is 14.7 Å². The summed E-state index contributed by atoms with van der Waals surface area (Å²) >= 11 is 6.12. The minimum atomic E-state index is -0.300. The van der Waals surface area contributed by atoms with E-state index in [0.717, 1.165) is 11.1 Å². The number of carbonyl (C=O) groups excluding carboxylic acids is 2. The maximum Gasteiger partial charge on any atom is 0.257 e. The molecule has 150 valence electrons. The molecule has 0 atom stereocenters. The number of rotatable bonds is 8. The van der Waals surface area contributed by atoms with Crippen molar-refractivity contribution in [2.24, 2.45) is 0 Å². The molecule has 7 heteroatoms. The first kappa shape index (κ1) is 21.7. The number of aliphatic hydroxyl groups is 1. The summed E-state index contributed by atoms with van der Waals surface area (Å²) in [7, 11) is 0. The zero-order valence-electron chi connectivity index (χ0n) is 15.8. The summed E-state index contributed by atoms with van der Waals surface area (Å²) in [6.45, 7) is 7.25. The number of nitrogens with zero attached hydrogens (tertiary/aromatic N) is 1. The van der Waals surface area contributed by atoms with E-state index in [0.29, 0.717) is 49.8 Å². The number of morpholine rings is 1. The Kier molecular flexibility index (Phi) is 8.29. The van der Waals surface area contributed by atoms with Crippen LogP contribution < -0.4 is 4.74 Å². The van der Waals surface area contributed by atoms with Crippen molar-refractivity contribution in [2.75, 3.05) is 32.9 Å². The van der Waals surface area contributed by atoms with Crippen LogP contribution in [-0.4, -0.2) is 55.1 Å². The van der Waals surface area contributed by atoms with Gasteiger partial charge in [-0.25, -0.2) is 0 Å². The molecule has 6 nitrogen and oxygen atoms in total. The number of hydrogen-bond acceptors (Lipinski definition) is 5. The largest absolute Gasteiger partial charge is 0.508 e. The lowest BCUT2D eigenvalue weighted by Gasteiger charge is -2.27. The van der Waals surface area contributed by atoms with Gasteiger partial charge in [-0.15, -0.1) is 0 Å². The van der Waals surface area contributed by atoms with Crippen molar-refractivity contribution >= 4 is 29.4 Å². The molecule has 2 rings (SSSR count). The fourth-order valence-electron chi connectivity index (χ4n) is 2.81. The molecule has 28 heavy (non-hydrogen) atoms. The first-order valence-electron chi connectivity index (χ1n) is 9.00. The zero-order chi connectivity index (χ0) is 20.5. The number of amides is 1. The molecule has 1 saturated heterocycles. The van der Waals surface area contributed by atoms with Gasteiger partial charge in [0, 0.05) is 23.7 Å². The van der Waals surface area contributed by atoms with Crippen molar-refractivity contribution in [1.29, 1.82) is 0 Å². The van der Waals surface area contributed by atoms with E-state index in [1.54, 1.807) is 35.3 Å². The van der Waals surface area contributed by atoms with Crippen LogP contribution in [0.2, 0.25) is 5.02 Å². The van der Waals surface area contributed by atoms with Gasteiger partial charge in [0.05, 0.1) is 18.8 Å². The molecule has 0 aliphatic carbocycles. The van der Waals surface area contributed by atoms with Crippen LogP contribution in [0.25, 0.3) is 5.57 Å². The Bertz CT molecular complexity index is 794. The summed E-state index contributed by atoms with van der Waals surface area (Å²) in [6, 6.07) is 5.11. The quantitative estimate of drug-likeness (QED) is 0.309. The van der Waals surface area contributed by atoms with Gasteiger partial charge < -0.3 is 19.5 Å². The maximum atomic E-state index is 12.7. The SMILES string of the molecule is C=C(O)/C(=C\C=C(/CC)c1cc(Cl)ccc1OCC=O)C(=O)N1CCOCC1. The number of carbonyl (C=O) groups is 2. The smallest absolute Gasteiger partial charge is 0.257 e. The Labute approximate surface area is 169 Å². The van der Waals surface area contributed by atoms with Gasteiger partial charge in [-0.05, 0) is 36.3 Å². The van der Waals surface area contributed by atoms with Crippen LogP contribution in [-0.2, 0) is 14.3 Å². The number of aliphatic hydroxyl groups excluding tert-OH is 1. The van der Waals surface area contributed by atoms with Crippen LogP contribution >= 0.6 is 11.6 Å². The van der Waals surface area contributed by atoms with Gasteiger partial charge in [0.2, 0.25) is 0 Å². The Morgan fingerprint density at radius 2 is 2.07 bits per heavy atom. The molecule has 0 saturated carbocycles. The van der Waals surface area contributed by atoms with Crippen molar-refractivity contribution in [3.05, 3.63) is 58.8 Å². The number of hydrogen-bond donors (Lipinski definition) is 1. The van der Waals surface area contributed by atoms with Crippen LogP contribution in [0.5, 0.6) is 5.75 Å². The Morgan fingerprint density at radius 1 is 1.36 bits per heavy atom. The summed E-state index contributed by atoms with van der Waals surface area (Å²) in [5.74, 6) is -0.0837. The fraction of sp³-hybridized carbons (Fsp3) is 0.333. The van der Waals surface area contributed by atoms with Crippen LogP contribution in [0, 0.1) is 0 Å². The summed E-state index contributed by atoms with van der Waals surface area (Å²) in [5.41, 5.74) is 1.66. The fourth-order valence-corrected chi connectivity index (χ4v) is 2.98. The highest BCUT2D eigenvalue weighted by Crippen LogP contribution is 2.31. The molecular weight excluding hydrogens is 382 g/mol. The third kappa shape index (κ3) is 5.71. The molecule has 0 spiro atoms. The standard InChI is InChI=1S/C21H24ClNO5/c1-3-16(19-14-17(22)5-7-20(19)28-13-10-24)4-6-18(15(2)25)21(26)23-8-11-27-12-9-23/h4-7,10,14,25H,2-3,8-9,11-13H2,1H3/b16-4+,18-6+. The second-order valence-electron chi connectivity index (χ2n) is 6.10. The predicted molar refractivity (Wildman–Crippen MR) is 109 cm³/mol. The highest BCUT2D eigenvalue weighted by Gasteiger charge is 2.22. The second kappa shape index (κ2) is 10.7. The third-order valence-corrected chi connectivity index (χ3v) is 4.50. The molecule has 1 amide bonds. The van der Waals surface area contributed by atoms with Crippen LogP contribution in [0.15, 0.2) is 48.3 Å². The number of ether oxygens (including phenoxy) is 2. The first-order chi connectivity index (χ1) is 13.5. The van der Waals surface area contributed by atoms with Gasteiger partial charge in [-0.1, -0.05) is 31.2 Å². The van der Waals surface area contributed by atoms with Gasteiger partial charge in [0.15, 0.2) is 6.29 Å².